The van der Waals surface area contributed by atoms with E-state index in [2.05, 4.69) is 53.8 Å². The lowest BCUT2D eigenvalue weighted by Gasteiger charge is -2.22. The molecule has 24 heavy (non-hydrogen) atoms. The predicted octanol–water partition coefficient (Wildman–Crippen LogP) is 4.63. The molecule has 1 N–H and O–H groups in total. The Kier molecular flexibility index (Phi) is 4.38. The lowest BCUT2D eigenvalue weighted by atomic mass is 9.95. The fourth-order valence-electron chi connectivity index (χ4n) is 4.36. The normalized spacial score (nSPS) is 26.8. The number of hydrogen-bond donors (Lipinski definition) is 1. The lowest BCUT2D eigenvalue weighted by molar-refractivity contribution is -0.123. The monoisotopic (exact) mass is 319 g/mol. The molecule has 0 aromatic heterocycles. The molecule has 2 heteroatoms. The first-order chi connectivity index (χ1) is 11.8. The summed E-state index contributed by atoms with van der Waals surface area (Å²) < 4.78 is 0. The summed E-state index contributed by atoms with van der Waals surface area (Å²) in [5.74, 6) is 0.968. The Labute approximate surface area is 144 Å². The largest absolute Gasteiger partial charge is 0.353 e. The lowest BCUT2D eigenvalue weighted by Crippen LogP contribution is -2.37. The molecule has 0 radical (unpaired) electrons. The Morgan fingerprint density at radius 2 is 1.25 bits per heavy atom. The van der Waals surface area contributed by atoms with Gasteiger partial charge in [-0.1, -0.05) is 79.9 Å². The maximum absolute atomic E-state index is 12.9. The van der Waals surface area contributed by atoms with Crippen molar-refractivity contribution in [2.24, 2.45) is 5.92 Å². The molecule has 124 valence electrons. The first kappa shape index (κ1) is 15.4. The fraction of sp³-hybridized carbons (Fsp3) is 0.409. The van der Waals surface area contributed by atoms with Gasteiger partial charge in [-0.15, -0.1) is 0 Å². The number of benzene rings is 2. The molecule has 2 aromatic carbocycles. The Hall–Kier alpha value is -2.09. The second-order valence-electron chi connectivity index (χ2n) is 7.24. The molecule has 1 amide bonds. The number of rotatable bonds is 4. The summed E-state index contributed by atoms with van der Waals surface area (Å²) in [6.45, 7) is 0. The molecule has 2 aromatic rings. The van der Waals surface area contributed by atoms with Crippen molar-refractivity contribution in [1.29, 1.82) is 0 Å². The van der Waals surface area contributed by atoms with Crippen molar-refractivity contribution < 1.29 is 4.79 Å². The van der Waals surface area contributed by atoms with E-state index in [1.54, 1.807) is 0 Å². The van der Waals surface area contributed by atoms with Gasteiger partial charge in [0.05, 0.1) is 5.92 Å². The van der Waals surface area contributed by atoms with Gasteiger partial charge in [-0.3, -0.25) is 4.79 Å². The summed E-state index contributed by atoms with van der Waals surface area (Å²) in [6.07, 6.45) is 6.10. The molecule has 2 aliphatic carbocycles. The molecule has 2 unspecified atom stereocenters. The Bertz CT molecular complexity index is 630. The molecule has 0 saturated heterocycles. The highest BCUT2D eigenvalue weighted by atomic mass is 16.2. The molecule has 2 atom stereocenters. The van der Waals surface area contributed by atoms with Gasteiger partial charge in [-0.25, -0.2) is 0 Å². The van der Waals surface area contributed by atoms with Crippen LogP contribution >= 0.6 is 0 Å². The molecule has 0 spiro atoms. The van der Waals surface area contributed by atoms with Crippen LogP contribution in [0.3, 0.4) is 0 Å². The fourth-order valence-corrected chi connectivity index (χ4v) is 4.36. The molecular weight excluding hydrogens is 294 g/mol. The second kappa shape index (κ2) is 6.80. The number of hydrogen-bond acceptors (Lipinski definition) is 1. The Morgan fingerprint density at radius 3 is 1.75 bits per heavy atom. The summed E-state index contributed by atoms with van der Waals surface area (Å²) in [5, 5.41) is 3.34. The van der Waals surface area contributed by atoms with Gasteiger partial charge >= 0.3 is 0 Å². The number of carbonyl (C=O) groups is 1. The summed E-state index contributed by atoms with van der Waals surface area (Å²) >= 11 is 0. The highest BCUT2D eigenvalue weighted by Gasteiger charge is 2.56. The van der Waals surface area contributed by atoms with Crippen molar-refractivity contribution in [3.05, 3.63) is 71.8 Å². The standard InChI is InChI=1S/C22H25NO/c24-22(23-18-14-8-3-9-15-18)21-19(16-10-4-1-5-11-16)20(21)17-12-6-2-7-13-17/h1-2,4-7,10-13,18-21H,3,8-9,14-15H2,(H,23,24). The van der Waals surface area contributed by atoms with Crippen LogP contribution in [0.1, 0.15) is 55.1 Å². The van der Waals surface area contributed by atoms with Crippen LogP contribution in [0.5, 0.6) is 0 Å². The molecule has 2 nitrogen and oxygen atoms in total. The highest BCUT2D eigenvalue weighted by molar-refractivity contribution is 5.85. The minimum absolute atomic E-state index is 0.0803. The average molecular weight is 319 g/mol. The first-order valence-corrected chi connectivity index (χ1v) is 9.25. The topological polar surface area (TPSA) is 29.1 Å². The van der Waals surface area contributed by atoms with Crippen LogP contribution < -0.4 is 5.32 Å². The van der Waals surface area contributed by atoms with Gasteiger partial charge in [0.1, 0.15) is 0 Å². The summed E-state index contributed by atoms with van der Waals surface area (Å²) in [6, 6.07) is 21.4. The van der Waals surface area contributed by atoms with Gasteiger partial charge in [0, 0.05) is 17.9 Å². The third-order valence-corrected chi connectivity index (χ3v) is 5.64. The van der Waals surface area contributed by atoms with E-state index in [4.69, 9.17) is 0 Å². The molecule has 2 fully saturated rings. The molecule has 0 bridgehead atoms. The molecular formula is C22H25NO. The van der Waals surface area contributed by atoms with Gasteiger partial charge in [0.25, 0.3) is 0 Å². The summed E-state index contributed by atoms with van der Waals surface area (Å²) in [7, 11) is 0. The zero-order valence-electron chi connectivity index (χ0n) is 14.0. The summed E-state index contributed by atoms with van der Waals surface area (Å²) in [4.78, 5) is 12.9. The number of nitrogens with one attached hydrogen (secondary N) is 1. The second-order valence-corrected chi connectivity index (χ2v) is 7.24. The van der Waals surface area contributed by atoms with Gasteiger partial charge in [0.2, 0.25) is 5.91 Å². The van der Waals surface area contributed by atoms with E-state index in [1.165, 1.54) is 30.4 Å². The molecule has 0 heterocycles. The quantitative estimate of drug-likeness (QED) is 0.874. The van der Waals surface area contributed by atoms with Crippen LogP contribution in [-0.4, -0.2) is 11.9 Å². The highest BCUT2D eigenvalue weighted by Crippen LogP contribution is 2.60. The molecule has 0 aliphatic heterocycles. The van der Waals surface area contributed by atoms with Crippen LogP contribution in [0.25, 0.3) is 0 Å². The van der Waals surface area contributed by atoms with Crippen molar-refractivity contribution in [1.82, 2.24) is 5.32 Å². The van der Waals surface area contributed by atoms with E-state index in [1.807, 2.05) is 12.1 Å². The average Bonchev–Trinajstić information content (AvgIpc) is 3.40. The first-order valence-electron chi connectivity index (χ1n) is 9.25. The minimum atomic E-state index is 0.0803. The molecule has 2 saturated carbocycles. The number of carbonyl (C=O) groups excluding carboxylic acids is 1. The smallest absolute Gasteiger partial charge is 0.224 e. The van der Waals surface area contributed by atoms with E-state index in [-0.39, 0.29) is 11.8 Å². The van der Waals surface area contributed by atoms with Gasteiger partial charge in [0.15, 0.2) is 0 Å². The SMILES string of the molecule is O=C(NC1CCCCC1)C1C(c2ccccc2)C1c1ccccc1. The van der Waals surface area contributed by atoms with E-state index in [0.29, 0.717) is 17.9 Å². The third-order valence-electron chi connectivity index (χ3n) is 5.64. The van der Waals surface area contributed by atoms with Crippen molar-refractivity contribution >= 4 is 5.91 Å². The van der Waals surface area contributed by atoms with Crippen LogP contribution in [0, 0.1) is 5.92 Å². The minimum Gasteiger partial charge on any atom is -0.353 e. The Balaban J connectivity index is 1.54. The van der Waals surface area contributed by atoms with Crippen molar-refractivity contribution in [3.8, 4) is 0 Å². The van der Waals surface area contributed by atoms with Crippen LogP contribution in [0.15, 0.2) is 60.7 Å². The predicted molar refractivity (Wildman–Crippen MR) is 96.9 cm³/mol. The van der Waals surface area contributed by atoms with Crippen LogP contribution in [0.2, 0.25) is 0 Å². The zero-order valence-corrected chi connectivity index (χ0v) is 14.0. The van der Waals surface area contributed by atoms with Crippen LogP contribution in [0.4, 0.5) is 0 Å². The van der Waals surface area contributed by atoms with Gasteiger partial charge in [-0.2, -0.15) is 0 Å². The van der Waals surface area contributed by atoms with Crippen molar-refractivity contribution in [2.45, 2.75) is 50.0 Å². The summed E-state index contributed by atoms with van der Waals surface area (Å²) in [5.41, 5.74) is 2.57. The maximum Gasteiger partial charge on any atom is 0.224 e. The molecule has 2 aliphatic rings. The van der Waals surface area contributed by atoms with E-state index >= 15 is 0 Å². The maximum atomic E-state index is 12.9. The van der Waals surface area contributed by atoms with Crippen molar-refractivity contribution in [2.75, 3.05) is 0 Å². The van der Waals surface area contributed by atoms with E-state index < -0.39 is 0 Å². The van der Waals surface area contributed by atoms with Crippen molar-refractivity contribution in [3.63, 3.8) is 0 Å². The van der Waals surface area contributed by atoms with E-state index in [9.17, 15) is 4.79 Å². The van der Waals surface area contributed by atoms with Gasteiger partial charge < -0.3 is 5.32 Å². The van der Waals surface area contributed by atoms with Gasteiger partial charge in [-0.05, 0) is 24.0 Å². The number of amides is 1. The van der Waals surface area contributed by atoms with Crippen LogP contribution in [-0.2, 0) is 4.79 Å². The Morgan fingerprint density at radius 1 is 0.750 bits per heavy atom. The molecule has 4 rings (SSSR count). The zero-order chi connectivity index (χ0) is 16.4. The third kappa shape index (κ3) is 3.10. The van der Waals surface area contributed by atoms with E-state index in [0.717, 1.165) is 12.8 Å².